The maximum Gasteiger partial charge on any atom is 0.0267 e. The van der Waals surface area contributed by atoms with Crippen molar-refractivity contribution >= 4 is 23.9 Å². The van der Waals surface area contributed by atoms with Crippen LogP contribution in [0.1, 0.15) is 0 Å². The van der Waals surface area contributed by atoms with Gasteiger partial charge in [0.15, 0.2) is 0 Å². The Labute approximate surface area is 59.7 Å². The van der Waals surface area contributed by atoms with Gasteiger partial charge in [0, 0.05) is 12.4 Å². The number of hydrogen-bond acceptors (Lipinski definition) is 1. The molecule has 1 nitrogen and oxygen atoms in total. The summed E-state index contributed by atoms with van der Waals surface area (Å²) in [7, 11) is 0. The molecule has 0 aliphatic rings. The van der Waals surface area contributed by atoms with Crippen molar-refractivity contribution in [3.05, 3.63) is 30.6 Å². The van der Waals surface area contributed by atoms with Gasteiger partial charge in [0.1, 0.15) is 0 Å². The van der Waals surface area contributed by atoms with E-state index in [0.29, 0.717) is 0 Å². The summed E-state index contributed by atoms with van der Waals surface area (Å²) < 4.78 is 0. The summed E-state index contributed by atoms with van der Waals surface area (Å²) in [5.41, 5.74) is 0. The molecule has 0 fully saturated rings. The first kappa shape index (κ1) is 6.95. The molecule has 0 amide bonds. The van der Waals surface area contributed by atoms with E-state index in [-0.39, 0.29) is 23.9 Å². The van der Waals surface area contributed by atoms with E-state index in [0.717, 1.165) is 0 Å². The monoisotopic (exact) mass is 203 g/mol. The van der Waals surface area contributed by atoms with Crippen LogP contribution < -0.4 is 0 Å². The van der Waals surface area contributed by atoms with E-state index in [9.17, 15) is 0 Å². The molecule has 1 heterocycles. The minimum absolute atomic E-state index is 0. The van der Waals surface area contributed by atoms with Crippen molar-refractivity contribution in [1.29, 1.82) is 0 Å². The topological polar surface area (TPSA) is 12.9 Å². The maximum atomic E-state index is 3.78. The minimum Gasteiger partial charge on any atom is -0.265 e. The predicted octanol–water partition coefficient (Wildman–Crippen LogP) is -0.370. The van der Waals surface area contributed by atoms with Crippen molar-refractivity contribution in [3.8, 4) is 0 Å². The van der Waals surface area contributed by atoms with Gasteiger partial charge in [0.25, 0.3) is 0 Å². The van der Waals surface area contributed by atoms with Gasteiger partial charge < -0.3 is 0 Å². The van der Waals surface area contributed by atoms with Gasteiger partial charge in [-0.05, 0) is 12.1 Å². The fourth-order valence-electron chi connectivity index (χ4n) is 0.313. The van der Waals surface area contributed by atoms with Crippen LogP contribution in [-0.2, 0) is 0 Å². The van der Waals surface area contributed by atoms with Gasteiger partial charge in [0.2, 0.25) is 0 Å². The minimum atomic E-state index is 0. The molecule has 0 bridgehead atoms. The largest absolute Gasteiger partial charge is 0.265 e. The Morgan fingerprint density at radius 3 is 1.57 bits per heavy atom. The molecule has 7 heavy (non-hydrogen) atoms. The SMILES string of the molecule is [SnH4].c1ccncc1. The first-order chi connectivity index (χ1) is 3.00. The number of nitrogens with zero attached hydrogens (tertiary/aromatic N) is 1. The quantitative estimate of drug-likeness (QED) is 0.523. The van der Waals surface area contributed by atoms with Crippen LogP contribution in [0.2, 0.25) is 0 Å². The molecular formula is C5H9NSn. The van der Waals surface area contributed by atoms with Crippen molar-refractivity contribution in [1.82, 2.24) is 4.98 Å². The third kappa shape index (κ3) is 2.62. The number of rotatable bonds is 0. The Morgan fingerprint density at radius 2 is 1.43 bits per heavy atom. The normalized spacial score (nSPS) is 6.86. The van der Waals surface area contributed by atoms with Crippen molar-refractivity contribution in [2.75, 3.05) is 0 Å². The second-order valence-corrected chi connectivity index (χ2v) is 1.02. The zero-order chi connectivity index (χ0) is 4.24. The first-order valence-corrected chi connectivity index (χ1v) is 1.85. The maximum absolute atomic E-state index is 3.78. The second-order valence-electron chi connectivity index (χ2n) is 1.02. The molecule has 0 spiro atoms. The summed E-state index contributed by atoms with van der Waals surface area (Å²) in [6.07, 6.45) is 3.50. The Hall–Kier alpha value is -0.0513. The van der Waals surface area contributed by atoms with Gasteiger partial charge >= 0.3 is 23.9 Å². The first-order valence-electron chi connectivity index (χ1n) is 1.85. The van der Waals surface area contributed by atoms with E-state index in [4.69, 9.17) is 0 Å². The molecule has 0 saturated heterocycles. The number of aromatic nitrogens is 1. The Bertz CT molecular complexity index is 80.0. The molecule has 1 aromatic rings. The molecule has 0 saturated carbocycles. The van der Waals surface area contributed by atoms with Crippen LogP contribution in [0.15, 0.2) is 30.6 Å². The van der Waals surface area contributed by atoms with E-state index in [1.165, 1.54) is 0 Å². The molecule has 2 heteroatoms. The summed E-state index contributed by atoms with van der Waals surface area (Å²) in [5, 5.41) is 0. The molecule has 38 valence electrons. The molecule has 0 aliphatic carbocycles. The molecule has 0 aliphatic heterocycles. The fourth-order valence-corrected chi connectivity index (χ4v) is 0.313. The second kappa shape index (κ2) is 4.12. The zero-order valence-corrected chi connectivity index (χ0v) is 3.33. The van der Waals surface area contributed by atoms with Crippen LogP contribution in [0.25, 0.3) is 0 Å². The third-order valence-corrected chi connectivity index (χ3v) is 0.566. The van der Waals surface area contributed by atoms with Crippen LogP contribution in [0, 0.1) is 0 Å². The van der Waals surface area contributed by atoms with Crippen LogP contribution in [0.3, 0.4) is 0 Å². The van der Waals surface area contributed by atoms with Crippen molar-refractivity contribution in [2.45, 2.75) is 0 Å². The number of pyridine rings is 1. The van der Waals surface area contributed by atoms with Gasteiger partial charge in [-0.2, -0.15) is 0 Å². The summed E-state index contributed by atoms with van der Waals surface area (Å²) in [4.78, 5) is 3.78. The standard InChI is InChI=1S/C5H5N.Sn.4H/c1-2-4-6-5-3-1;;;;;/h1-5H;;;;;. The average Bonchev–Trinajstić information content (AvgIpc) is 1.72. The fraction of sp³-hybridized carbons (Fsp3) is 0. The van der Waals surface area contributed by atoms with E-state index < -0.39 is 0 Å². The van der Waals surface area contributed by atoms with E-state index in [1.54, 1.807) is 12.4 Å². The summed E-state index contributed by atoms with van der Waals surface area (Å²) in [5.74, 6) is 0. The van der Waals surface area contributed by atoms with E-state index in [2.05, 4.69) is 4.98 Å². The van der Waals surface area contributed by atoms with E-state index in [1.807, 2.05) is 18.2 Å². The van der Waals surface area contributed by atoms with E-state index >= 15 is 0 Å². The smallest absolute Gasteiger partial charge is 0.0267 e. The zero-order valence-electron chi connectivity index (χ0n) is 3.33. The van der Waals surface area contributed by atoms with Crippen molar-refractivity contribution in [3.63, 3.8) is 0 Å². The number of hydrogen-bond donors (Lipinski definition) is 0. The molecule has 0 aromatic carbocycles. The summed E-state index contributed by atoms with van der Waals surface area (Å²) in [6.45, 7) is 0. The molecule has 1 rings (SSSR count). The molecule has 0 atom stereocenters. The van der Waals surface area contributed by atoms with Gasteiger partial charge in [-0.3, -0.25) is 4.98 Å². The van der Waals surface area contributed by atoms with Gasteiger partial charge in [0.05, 0.1) is 0 Å². The molecule has 0 radical (unpaired) electrons. The average molecular weight is 202 g/mol. The van der Waals surface area contributed by atoms with Gasteiger partial charge in [-0.25, -0.2) is 0 Å². The Balaban J connectivity index is 0.000000360. The van der Waals surface area contributed by atoms with Crippen LogP contribution in [0.4, 0.5) is 0 Å². The van der Waals surface area contributed by atoms with Crippen molar-refractivity contribution in [2.24, 2.45) is 0 Å². The van der Waals surface area contributed by atoms with Gasteiger partial charge in [-0.1, -0.05) is 6.07 Å². The molecule has 0 unspecified atom stereocenters. The van der Waals surface area contributed by atoms with Crippen LogP contribution in [0.5, 0.6) is 0 Å². The molecule has 1 aromatic heterocycles. The third-order valence-electron chi connectivity index (χ3n) is 0.566. The predicted molar refractivity (Wildman–Crippen MR) is 35.6 cm³/mol. The Kier molecular flexibility index (Phi) is 4.09. The van der Waals surface area contributed by atoms with Crippen LogP contribution >= 0.6 is 0 Å². The van der Waals surface area contributed by atoms with Gasteiger partial charge in [-0.15, -0.1) is 0 Å². The molecule has 0 N–H and O–H groups in total. The Morgan fingerprint density at radius 1 is 0.857 bits per heavy atom. The van der Waals surface area contributed by atoms with Crippen molar-refractivity contribution < 1.29 is 0 Å². The summed E-state index contributed by atoms with van der Waals surface area (Å²) in [6, 6.07) is 5.72. The van der Waals surface area contributed by atoms with Crippen LogP contribution in [-0.4, -0.2) is 28.9 Å². The molecular weight excluding hydrogens is 193 g/mol. The summed E-state index contributed by atoms with van der Waals surface area (Å²) >= 11 is 0.